The van der Waals surface area contributed by atoms with Gasteiger partial charge in [0.1, 0.15) is 11.5 Å². The van der Waals surface area contributed by atoms with Gasteiger partial charge in [-0.1, -0.05) is 0 Å². The first-order valence-corrected chi connectivity index (χ1v) is 8.44. The molecule has 2 rings (SSSR count). The first-order chi connectivity index (χ1) is 11.6. The Balaban J connectivity index is 1.78. The van der Waals surface area contributed by atoms with E-state index in [0.717, 1.165) is 26.0 Å². The molecule has 1 amide bonds. The third-order valence-electron chi connectivity index (χ3n) is 4.19. The van der Waals surface area contributed by atoms with Crippen LogP contribution >= 0.6 is 0 Å². The van der Waals surface area contributed by atoms with Crippen LogP contribution in [-0.4, -0.2) is 57.9 Å². The molecule has 6 heteroatoms. The van der Waals surface area contributed by atoms with Crippen LogP contribution < -0.4 is 14.8 Å². The van der Waals surface area contributed by atoms with Crippen molar-refractivity contribution < 1.29 is 19.0 Å². The van der Waals surface area contributed by atoms with Crippen LogP contribution in [-0.2, 0) is 9.53 Å². The van der Waals surface area contributed by atoms with Gasteiger partial charge in [-0.15, -0.1) is 0 Å². The van der Waals surface area contributed by atoms with Gasteiger partial charge in [-0.05, 0) is 38.4 Å². The Kier molecular flexibility index (Phi) is 7.34. The lowest BCUT2D eigenvalue weighted by Crippen LogP contribution is -2.35. The van der Waals surface area contributed by atoms with Crippen molar-refractivity contribution in [1.29, 1.82) is 0 Å². The first-order valence-electron chi connectivity index (χ1n) is 8.44. The fraction of sp³-hybridized carbons (Fsp3) is 0.611. The van der Waals surface area contributed by atoms with E-state index in [1.807, 2.05) is 7.05 Å². The lowest BCUT2D eigenvalue weighted by atomic mass is 10.1. The molecule has 24 heavy (non-hydrogen) atoms. The van der Waals surface area contributed by atoms with Crippen molar-refractivity contribution in [2.75, 3.05) is 46.3 Å². The highest BCUT2D eigenvalue weighted by Crippen LogP contribution is 2.29. The van der Waals surface area contributed by atoms with Crippen molar-refractivity contribution in [2.45, 2.75) is 31.8 Å². The Bertz CT molecular complexity index is 530. The molecule has 0 spiro atoms. The van der Waals surface area contributed by atoms with E-state index in [1.165, 1.54) is 6.42 Å². The number of hydrogen-bond acceptors (Lipinski definition) is 5. The van der Waals surface area contributed by atoms with E-state index in [2.05, 4.69) is 10.2 Å². The molecule has 1 fully saturated rings. The molecule has 6 nitrogen and oxygen atoms in total. The second-order valence-corrected chi connectivity index (χ2v) is 6.12. The van der Waals surface area contributed by atoms with Gasteiger partial charge in [0.15, 0.2) is 0 Å². The second kappa shape index (κ2) is 9.49. The van der Waals surface area contributed by atoms with Crippen LogP contribution in [0.1, 0.15) is 25.7 Å². The largest absolute Gasteiger partial charge is 0.497 e. The number of nitrogens with one attached hydrogen (secondary N) is 1. The number of nitrogens with zero attached hydrogens (tertiary/aromatic N) is 1. The molecule has 0 bridgehead atoms. The number of carbonyl (C=O) groups is 1. The minimum Gasteiger partial charge on any atom is -0.497 e. The van der Waals surface area contributed by atoms with Crippen molar-refractivity contribution in [3.63, 3.8) is 0 Å². The Hall–Kier alpha value is -1.79. The van der Waals surface area contributed by atoms with Gasteiger partial charge in [-0.2, -0.15) is 0 Å². The summed E-state index contributed by atoms with van der Waals surface area (Å²) in [4.78, 5) is 14.3. The number of ether oxygens (including phenoxy) is 3. The number of anilines is 1. The van der Waals surface area contributed by atoms with Gasteiger partial charge in [0.05, 0.1) is 26.0 Å². The van der Waals surface area contributed by atoms with E-state index in [-0.39, 0.29) is 5.91 Å². The summed E-state index contributed by atoms with van der Waals surface area (Å²) in [5.41, 5.74) is 0.654. The molecule has 1 atom stereocenters. The normalized spacial score (nSPS) is 17.6. The smallest absolute Gasteiger partial charge is 0.225 e. The summed E-state index contributed by atoms with van der Waals surface area (Å²) in [6, 6.07) is 5.34. The van der Waals surface area contributed by atoms with E-state index >= 15 is 0 Å². The monoisotopic (exact) mass is 336 g/mol. The Morgan fingerprint density at radius 3 is 2.83 bits per heavy atom. The molecular formula is C18H28N2O4. The predicted molar refractivity (Wildman–Crippen MR) is 93.9 cm³/mol. The van der Waals surface area contributed by atoms with Crippen LogP contribution in [0.3, 0.4) is 0 Å². The van der Waals surface area contributed by atoms with Gasteiger partial charge >= 0.3 is 0 Å². The van der Waals surface area contributed by atoms with Gasteiger partial charge in [-0.3, -0.25) is 4.79 Å². The van der Waals surface area contributed by atoms with Crippen LogP contribution in [0.4, 0.5) is 5.69 Å². The predicted octanol–water partition coefficient (Wildman–Crippen LogP) is 2.53. The molecule has 1 aliphatic heterocycles. The molecule has 0 unspecified atom stereocenters. The van der Waals surface area contributed by atoms with Crippen molar-refractivity contribution in [1.82, 2.24) is 4.90 Å². The maximum absolute atomic E-state index is 12.2. The lowest BCUT2D eigenvalue weighted by molar-refractivity contribution is -0.116. The molecule has 1 aromatic carbocycles. The van der Waals surface area contributed by atoms with Crippen molar-refractivity contribution in [3.05, 3.63) is 18.2 Å². The van der Waals surface area contributed by atoms with Crippen molar-refractivity contribution in [2.24, 2.45) is 0 Å². The lowest BCUT2D eigenvalue weighted by Gasteiger charge is -2.27. The fourth-order valence-electron chi connectivity index (χ4n) is 2.80. The van der Waals surface area contributed by atoms with Crippen LogP contribution in [0.2, 0.25) is 0 Å². The van der Waals surface area contributed by atoms with Crippen LogP contribution in [0.25, 0.3) is 0 Å². The number of carbonyl (C=O) groups excluding carboxylic acids is 1. The fourth-order valence-corrected chi connectivity index (χ4v) is 2.80. The zero-order valence-corrected chi connectivity index (χ0v) is 14.8. The number of amides is 1. The minimum atomic E-state index is -0.0325. The van der Waals surface area contributed by atoms with Gasteiger partial charge in [-0.25, -0.2) is 0 Å². The highest BCUT2D eigenvalue weighted by atomic mass is 16.5. The summed E-state index contributed by atoms with van der Waals surface area (Å²) in [7, 11) is 5.19. The Labute approximate surface area is 144 Å². The van der Waals surface area contributed by atoms with E-state index in [4.69, 9.17) is 14.2 Å². The van der Waals surface area contributed by atoms with E-state index in [0.29, 0.717) is 36.3 Å². The second-order valence-electron chi connectivity index (χ2n) is 6.12. The summed E-state index contributed by atoms with van der Waals surface area (Å²) >= 11 is 0. The summed E-state index contributed by atoms with van der Waals surface area (Å²) < 4.78 is 16.2. The molecule has 0 radical (unpaired) electrons. The maximum atomic E-state index is 12.2. The molecule has 1 heterocycles. The average molecular weight is 336 g/mol. The SMILES string of the molecule is COc1ccc(NC(=O)CCN(C)C[C@H]2CCCCO2)c(OC)c1. The van der Waals surface area contributed by atoms with Crippen molar-refractivity contribution >= 4 is 11.6 Å². The topological polar surface area (TPSA) is 60.0 Å². The van der Waals surface area contributed by atoms with Gasteiger partial charge in [0.2, 0.25) is 5.91 Å². The third-order valence-corrected chi connectivity index (χ3v) is 4.19. The Morgan fingerprint density at radius 1 is 1.33 bits per heavy atom. The van der Waals surface area contributed by atoms with E-state index in [9.17, 15) is 4.79 Å². The summed E-state index contributed by atoms with van der Waals surface area (Å²) in [5, 5.41) is 2.89. The number of likely N-dealkylation sites (N-methyl/N-ethyl adjacent to an activating group) is 1. The number of methoxy groups -OCH3 is 2. The molecule has 1 saturated heterocycles. The average Bonchev–Trinajstić information content (AvgIpc) is 2.61. The molecular weight excluding hydrogens is 308 g/mol. The maximum Gasteiger partial charge on any atom is 0.225 e. The quantitative estimate of drug-likeness (QED) is 0.790. The summed E-state index contributed by atoms with van der Waals surface area (Å²) in [6.45, 7) is 2.43. The van der Waals surface area contributed by atoms with Crippen LogP contribution in [0.15, 0.2) is 18.2 Å². The van der Waals surface area contributed by atoms with E-state index in [1.54, 1.807) is 32.4 Å². The third kappa shape index (κ3) is 5.69. The summed E-state index contributed by atoms with van der Waals surface area (Å²) in [6.07, 6.45) is 4.23. The zero-order valence-electron chi connectivity index (χ0n) is 14.8. The molecule has 0 aromatic heterocycles. The minimum absolute atomic E-state index is 0.0325. The molecule has 0 aliphatic carbocycles. The van der Waals surface area contributed by atoms with Gasteiger partial charge < -0.3 is 24.4 Å². The summed E-state index contributed by atoms with van der Waals surface area (Å²) in [5.74, 6) is 1.25. The van der Waals surface area contributed by atoms with Gasteiger partial charge in [0.25, 0.3) is 0 Å². The Morgan fingerprint density at radius 2 is 2.17 bits per heavy atom. The highest BCUT2D eigenvalue weighted by molar-refractivity contribution is 5.92. The highest BCUT2D eigenvalue weighted by Gasteiger charge is 2.16. The van der Waals surface area contributed by atoms with E-state index < -0.39 is 0 Å². The van der Waals surface area contributed by atoms with Crippen molar-refractivity contribution in [3.8, 4) is 11.5 Å². The molecule has 1 aliphatic rings. The van der Waals surface area contributed by atoms with Gasteiger partial charge in [0, 0.05) is 32.2 Å². The van der Waals surface area contributed by atoms with Crippen LogP contribution in [0, 0.1) is 0 Å². The van der Waals surface area contributed by atoms with Crippen LogP contribution in [0.5, 0.6) is 11.5 Å². The molecule has 1 N–H and O–H groups in total. The number of hydrogen-bond donors (Lipinski definition) is 1. The number of benzene rings is 1. The molecule has 134 valence electrons. The molecule has 0 saturated carbocycles. The number of rotatable bonds is 8. The standard InChI is InChI=1S/C18H28N2O4/c1-20(13-15-6-4-5-11-24-15)10-9-18(21)19-16-8-7-14(22-2)12-17(16)23-3/h7-8,12,15H,4-6,9-11,13H2,1-3H3,(H,19,21)/t15-/m1/s1. The first kappa shape index (κ1) is 18.5. The zero-order chi connectivity index (χ0) is 17.4. The molecule has 1 aromatic rings.